The summed E-state index contributed by atoms with van der Waals surface area (Å²) in [5.41, 5.74) is 0. The van der Waals surface area contributed by atoms with E-state index >= 15 is 0 Å². The van der Waals surface area contributed by atoms with E-state index in [-0.39, 0.29) is 6.04 Å². The quantitative estimate of drug-likeness (QED) is 0.600. The molecule has 1 aliphatic rings. The number of nitrogens with zero attached hydrogens (tertiary/aromatic N) is 2. The predicted molar refractivity (Wildman–Crippen MR) is 91.1 cm³/mol. The summed E-state index contributed by atoms with van der Waals surface area (Å²) in [6, 6.07) is 4.32. The first-order valence-electron chi connectivity index (χ1n) is 8.50. The zero-order valence-corrected chi connectivity index (χ0v) is 14.1. The monoisotopic (exact) mass is 306 g/mol. The van der Waals surface area contributed by atoms with Crippen molar-refractivity contribution >= 4 is 5.96 Å². The van der Waals surface area contributed by atoms with Crippen LogP contribution in [0.4, 0.5) is 0 Å². The average molecular weight is 306 g/mol. The van der Waals surface area contributed by atoms with Crippen LogP contribution in [0.3, 0.4) is 0 Å². The lowest BCUT2D eigenvalue weighted by Crippen LogP contribution is -2.42. The third-order valence-corrected chi connectivity index (χ3v) is 3.87. The molecule has 0 bridgehead atoms. The standard InChI is InChI=1S/C17H30N4O/c1-4-18-17(19-12-14(2)3)20-13-15(16-8-7-11-22-16)21-9-5-6-10-21/h7-8,11,14-15H,4-6,9-10,12-13H2,1-3H3,(H2,18,19,20). The zero-order chi connectivity index (χ0) is 15.8. The molecule has 1 aliphatic heterocycles. The van der Waals surface area contributed by atoms with Crippen molar-refractivity contribution in [2.24, 2.45) is 10.9 Å². The van der Waals surface area contributed by atoms with Crippen molar-refractivity contribution in [3.63, 3.8) is 0 Å². The molecule has 2 rings (SSSR count). The van der Waals surface area contributed by atoms with E-state index in [9.17, 15) is 0 Å². The van der Waals surface area contributed by atoms with Crippen molar-refractivity contribution < 1.29 is 4.42 Å². The minimum Gasteiger partial charge on any atom is -0.468 e. The van der Waals surface area contributed by atoms with Crippen LogP contribution < -0.4 is 10.6 Å². The van der Waals surface area contributed by atoms with E-state index in [4.69, 9.17) is 4.42 Å². The van der Waals surface area contributed by atoms with Crippen molar-refractivity contribution in [3.8, 4) is 0 Å². The molecule has 1 atom stereocenters. The maximum atomic E-state index is 5.66. The van der Waals surface area contributed by atoms with Gasteiger partial charge in [-0.05, 0) is 50.9 Å². The Bertz CT molecular complexity index is 436. The highest BCUT2D eigenvalue weighted by atomic mass is 16.3. The average Bonchev–Trinajstić information content (AvgIpc) is 3.18. The predicted octanol–water partition coefficient (Wildman–Crippen LogP) is 2.63. The van der Waals surface area contributed by atoms with Crippen molar-refractivity contribution in [2.45, 2.75) is 39.7 Å². The third kappa shape index (κ3) is 5.05. The number of aliphatic imine (C=N–C) groups is 1. The van der Waals surface area contributed by atoms with E-state index in [1.54, 1.807) is 6.26 Å². The number of rotatable bonds is 7. The van der Waals surface area contributed by atoms with Gasteiger partial charge in [0.05, 0.1) is 12.3 Å². The van der Waals surface area contributed by atoms with E-state index < -0.39 is 0 Å². The molecule has 0 amide bonds. The van der Waals surface area contributed by atoms with Gasteiger partial charge in [0.2, 0.25) is 0 Å². The summed E-state index contributed by atoms with van der Waals surface area (Å²) in [6.45, 7) is 11.3. The summed E-state index contributed by atoms with van der Waals surface area (Å²) in [6.07, 6.45) is 4.31. The molecule has 0 spiro atoms. The van der Waals surface area contributed by atoms with Crippen LogP contribution in [-0.4, -0.2) is 43.6 Å². The summed E-state index contributed by atoms with van der Waals surface area (Å²) in [4.78, 5) is 7.14. The Morgan fingerprint density at radius 2 is 2.09 bits per heavy atom. The SMILES string of the molecule is CCNC(=NCC(C)C)NCC(c1ccco1)N1CCCC1. The van der Waals surface area contributed by atoms with E-state index in [1.807, 2.05) is 6.07 Å². The second kappa shape index (κ2) is 8.83. The van der Waals surface area contributed by atoms with Gasteiger partial charge < -0.3 is 15.1 Å². The lowest BCUT2D eigenvalue weighted by molar-refractivity contribution is 0.215. The number of furan rings is 1. The fourth-order valence-electron chi connectivity index (χ4n) is 2.75. The highest BCUT2D eigenvalue weighted by molar-refractivity contribution is 5.79. The van der Waals surface area contributed by atoms with Crippen LogP contribution in [0.15, 0.2) is 27.8 Å². The molecule has 0 radical (unpaired) electrons. The molecule has 1 aromatic rings. The lowest BCUT2D eigenvalue weighted by Gasteiger charge is -2.26. The maximum absolute atomic E-state index is 5.66. The molecule has 0 aromatic carbocycles. The van der Waals surface area contributed by atoms with Gasteiger partial charge in [0.15, 0.2) is 5.96 Å². The van der Waals surface area contributed by atoms with Crippen molar-refractivity contribution in [1.29, 1.82) is 0 Å². The number of likely N-dealkylation sites (tertiary alicyclic amines) is 1. The molecular formula is C17H30N4O. The summed E-state index contributed by atoms with van der Waals surface area (Å²) in [5.74, 6) is 2.50. The molecule has 2 heterocycles. The number of guanidine groups is 1. The van der Waals surface area contributed by atoms with Gasteiger partial charge in [0, 0.05) is 19.6 Å². The zero-order valence-electron chi connectivity index (χ0n) is 14.1. The van der Waals surface area contributed by atoms with Gasteiger partial charge in [0.25, 0.3) is 0 Å². The Hall–Kier alpha value is -1.49. The van der Waals surface area contributed by atoms with E-state index in [0.717, 1.165) is 44.4 Å². The number of hydrogen-bond acceptors (Lipinski definition) is 3. The highest BCUT2D eigenvalue weighted by Gasteiger charge is 2.25. The van der Waals surface area contributed by atoms with Crippen molar-refractivity contribution in [3.05, 3.63) is 24.2 Å². The van der Waals surface area contributed by atoms with Crippen LogP contribution in [0.5, 0.6) is 0 Å². The highest BCUT2D eigenvalue weighted by Crippen LogP contribution is 2.24. The Kier molecular flexibility index (Phi) is 6.77. The Labute approximate surface area is 134 Å². The van der Waals surface area contributed by atoms with Crippen molar-refractivity contribution in [2.75, 3.05) is 32.7 Å². The number of nitrogens with one attached hydrogen (secondary N) is 2. The van der Waals surface area contributed by atoms with Crippen LogP contribution in [0.25, 0.3) is 0 Å². The minimum atomic E-state index is 0.278. The molecule has 22 heavy (non-hydrogen) atoms. The van der Waals surface area contributed by atoms with Gasteiger partial charge in [-0.15, -0.1) is 0 Å². The molecule has 124 valence electrons. The summed E-state index contributed by atoms with van der Waals surface area (Å²) in [7, 11) is 0. The first-order valence-corrected chi connectivity index (χ1v) is 8.50. The molecule has 5 heteroatoms. The van der Waals surface area contributed by atoms with Crippen LogP contribution in [-0.2, 0) is 0 Å². The van der Waals surface area contributed by atoms with Crippen LogP contribution in [0.1, 0.15) is 45.4 Å². The van der Waals surface area contributed by atoms with E-state index in [0.29, 0.717) is 5.92 Å². The fourth-order valence-corrected chi connectivity index (χ4v) is 2.75. The second-order valence-corrected chi connectivity index (χ2v) is 6.27. The van der Waals surface area contributed by atoms with Crippen LogP contribution >= 0.6 is 0 Å². The van der Waals surface area contributed by atoms with E-state index in [2.05, 4.69) is 47.4 Å². The van der Waals surface area contributed by atoms with Crippen molar-refractivity contribution in [1.82, 2.24) is 15.5 Å². The molecule has 0 aliphatic carbocycles. The smallest absolute Gasteiger partial charge is 0.191 e. The molecular weight excluding hydrogens is 276 g/mol. The summed E-state index contributed by atoms with van der Waals surface area (Å²) < 4.78 is 5.66. The molecule has 5 nitrogen and oxygen atoms in total. The largest absolute Gasteiger partial charge is 0.468 e. The van der Waals surface area contributed by atoms with Gasteiger partial charge in [-0.1, -0.05) is 13.8 Å². The molecule has 1 fully saturated rings. The lowest BCUT2D eigenvalue weighted by atomic mass is 10.2. The van der Waals surface area contributed by atoms with Gasteiger partial charge in [-0.3, -0.25) is 9.89 Å². The first-order chi connectivity index (χ1) is 10.7. The van der Waals surface area contributed by atoms with E-state index in [1.165, 1.54) is 12.8 Å². The normalized spacial score (nSPS) is 17.9. The first kappa shape index (κ1) is 16.9. The topological polar surface area (TPSA) is 52.8 Å². The number of hydrogen-bond donors (Lipinski definition) is 2. The van der Waals surface area contributed by atoms with Gasteiger partial charge >= 0.3 is 0 Å². The Balaban J connectivity index is 1.98. The summed E-state index contributed by atoms with van der Waals surface area (Å²) in [5, 5.41) is 6.80. The Morgan fingerprint density at radius 3 is 2.68 bits per heavy atom. The molecule has 2 N–H and O–H groups in total. The second-order valence-electron chi connectivity index (χ2n) is 6.27. The third-order valence-electron chi connectivity index (χ3n) is 3.87. The molecule has 1 unspecified atom stereocenters. The molecule has 0 saturated carbocycles. The van der Waals surface area contributed by atoms with Crippen LogP contribution in [0, 0.1) is 5.92 Å². The fraction of sp³-hybridized carbons (Fsp3) is 0.706. The minimum absolute atomic E-state index is 0.278. The van der Waals surface area contributed by atoms with Gasteiger partial charge in [-0.25, -0.2) is 0 Å². The maximum Gasteiger partial charge on any atom is 0.191 e. The van der Waals surface area contributed by atoms with Gasteiger partial charge in [0.1, 0.15) is 5.76 Å². The summed E-state index contributed by atoms with van der Waals surface area (Å²) >= 11 is 0. The molecule has 1 saturated heterocycles. The van der Waals surface area contributed by atoms with Crippen LogP contribution in [0.2, 0.25) is 0 Å². The Morgan fingerprint density at radius 1 is 1.32 bits per heavy atom. The van der Waals surface area contributed by atoms with Gasteiger partial charge in [-0.2, -0.15) is 0 Å². The molecule has 1 aromatic heterocycles.